The minimum atomic E-state index is -2.06. The summed E-state index contributed by atoms with van der Waals surface area (Å²) in [6.45, 7) is 6.58. The molecular weight excluding hydrogens is 219 g/mol. The van der Waals surface area contributed by atoms with E-state index in [-0.39, 0.29) is 6.03 Å². The van der Waals surface area contributed by atoms with Crippen LogP contribution in [0, 0.1) is 0 Å². The zero-order valence-corrected chi connectivity index (χ0v) is 12.1. The standard InChI is InChI=1S/C8H22O4PSi/c1-9-8(10-2)13(11-3,12-4)14(5,6)7/h8H,1-7H3/q+1. The van der Waals surface area contributed by atoms with Crippen molar-refractivity contribution >= 4 is 15.0 Å². The molecule has 0 N–H and O–H groups in total. The van der Waals surface area contributed by atoms with Crippen molar-refractivity contribution in [3.8, 4) is 0 Å². The second-order valence-electron chi connectivity index (χ2n) is 3.91. The molecule has 0 aromatic heterocycles. The molecule has 0 aliphatic heterocycles. The Hall–Kier alpha value is 0.487. The average Bonchev–Trinajstić information content (AvgIpc) is 2.12. The van der Waals surface area contributed by atoms with Crippen LogP contribution in [0.1, 0.15) is 0 Å². The minimum Gasteiger partial charge on any atom is -0.322 e. The zero-order chi connectivity index (χ0) is 11.4. The number of hydrogen-bond donors (Lipinski definition) is 0. The molecule has 0 saturated carbocycles. The molecule has 0 bridgehead atoms. The topological polar surface area (TPSA) is 36.9 Å². The summed E-state index contributed by atoms with van der Waals surface area (Å²) in [6.07, 6.45) is 0. The van der Waals surface area contributed by atoms with Gasteiger partial charge in [0, 0.05) is 14.2 Å². The van der Waals surface area contributed by atoms with Gasteiger partial charge in [-0.25, -0.2) is 9.05 Å². The average molecular weight is 241 g/mol. The molecule has 0 rings (SSSR count). The van der Waals surface area contributed by atoms with Gasteiger partial charge >= 0.3 is 6.03 Å². The van der Waals surface area contributed by atoms with Crippen molar-refractivity contribution in [1.29, 1.82) is 0 Å². The maximum absolute atomic E-state index is 5.60. The monoisotopic (exact) mass is 241 g/mol. The summed E-state index contributed by atoms with van der Waals surface area (Å²) in [5.41, 5.74) is 0. The number of hydrogen-bond acceptors (Lipinski definition) is 4. The van der Waals surface area contributed by atoms with Crippen LogP contribution >= 0.6 is 7.26 Å². The first kappa shape index (κ1) is 14.5. The maximum Gasteiger partial charge on any atom is 0.316 e. The van der Waals surface area contributed by atoms with Crippen molar-refractivity contribution in [3.63, 3.8) is 0 Å². The summed E-state index contributed by atoms with van der Waals surface area (Å²) in [4.78, 5) is 0. The van der Waals surface area contributed by atoms with E-state index in [1.54, 1.807) is 28.4 Å². The minimum absolute atomic E-state index is 0.385. The fraction of sp³-hybridized carbons (Fsp3) is 1.00. The Kier molecular flexibility index (Phi) is 5.73. The molecule has 6 heteroatoms. The highest BCUT2D eigenvalue weighted by molar-refractivity contribution is 8.01. The molecule has 0 aromatic carbocycles. The van der Waals surface area contributed by atoms with E-state index in [4.69, 9.17) is 18.5 Å². The summed E-state index contributed by atoms with van der Waals surface area (Å²) in [5, 5.41) is 0. The number of methoxy groups -OCH3 is 2. The van der Waals surface area contributed by atoms with Crippen LogP contribution in [0.2, 0.25) is 19.6 Å². The second kappa shape index (κ2) is 5.54. The lowest BCUT2D eigenvalue weighted by Gasteiger charge is -2.34. The first-order chi connectivity index (χ1) is 6.39. The van der Waals surface area contributed by atoms with E-state index in [0.29, 0.717) is 0 Å². The Morgan fingerprint density at radius 1 is 0.857 bits per heavy atom. The number of rotatable bonds is 6. The van der Waals surface area contributed by atoms with Gasteiger partial charge in [-0.05, 0) is 19.6 Å². The summed E-state index contributed by atoms with van der Waals surface area (Å²) >= 11 is 0. The fourth-order valence-electron chi connectivity index (χ4n) is 1.48. The molecular formula is C8H22O4PSi+. The van der Waals surface area contributed by atoms with Crippen LogP contribution in [0.3, 0.4) is 0 Å². The van der Waals surface area contributed by atoms with Crippen LogP contribution in [-0.4, -0.2) is 42.2 Å². The summed E-state index contributed by atoms with van der Waals surface area (Å²) < 4.78 is 21.8. The molecule has 0 aliphatic rings. The first-order valence-electron chi connectivity index (χ1n) is 4.45. The molecule has 86 valence electrons. The van der Waals surface area contributed by atoms with E-state index < -0.39 is 15.0 Å². The molecule has 0 amide bonds. The Bertz CT molecular complexity index is 163. The largest absolute Gasteiger partial charge is 0.322 e. The highest BCUT2D eigenvalue weighted by Gasteiger charge is 2.62. The van der Waals surface area contributed by atoms with Crippen LogP contribution in [0.25, 0.3) is 0 Å². The molecule has 0 saturated heterocycles. The van der Waals surface area contributed by atoms with Crippen LogP contribution in [0.4, 0.5) is 0 Å². The summed E-state index contributed by atoms with van der Waals surface area (Å²) in [5.74, 6) is 0. The lowest BCUT2D eigenvalue weighted by molar-refractivity contribution is -0.0548. The van der Waals surface area contributed by atoms with Crippen molar-refractivity contribution in [2.75, 3.05) is 28.4 Å². The SMILES string of the molecule is COC(OC)[P+](OC)(OC)[Si](C)(C)C. The Balaban J connectivity index is 5.05. The van der Waals surface area contributed by atoms with Gasteiger partial charge in [-0.1, -0.05) is 0 Å². The molecule has 0 unspecified atom stereocenters. The third-order valence-corrected chi connectivity index (χ3v) is 13.4. The summed E-state index contributed by atoms with van der Waals surface area (Å²) in [6, 6.07) is -0.385. The highest BCUT2D eigenvalue weighted by atomic mass is 31.5. The van der Waals surface area contributed by atoms with Gasteiger partial charge in [0.25, 0.3) is 15.0 Å². The van der Waals surface area contributed by atoms with Crippen LogP contribution < -0.4 is 0 Å². The van der Waals surface area contributed by atoms with Crippen molar-refractivity contribution in [2.24, 2.45) is 0 Å². The first-order valence-corrected chi connectivity index (χ1v) is 10.5. The lowest BCUT2D eigenvalue weighted by atomic mass is 11.3. The fourth-order valence-corrected chi connectivity index (χ4v) is 10.1. The van der Waals surface area contributed by atoms with Crippen LogP contribution in [0.15, 0.2) is 0 Å². The molecule has 14 heavy (non-hydrogen) atoms. The van der Waals surface area contributed by atoms with Gasteiger partial charge in [0.05, 0.1) is 14.2 Å². The van der Waals surface area contributed by atoms with Crippen LogP contribution in [0.5, 0.6) is 0 Å². The van der Waals surface area contributed by atoms with Gasteiger partial charge in [-0.2, -0.15) is 0 Å². The van der Waals surface area contributed by atoms with Gasteiger partial charge in [0.1, 0.15) is 0 Å². The van der Waals surface area contributed by atoms with Crippen molar-refractivity contribution in [1.82, 2.24) is 0 Å². The Morgan fingerprint density at radius 3 is 1.29 bits per heavy atom. The van der Waals surface area contributed by atoms with Crippen molar-refractivity contribution in [2.45, 2.75) is 25.7 Å². The highest BCUT2D eigenvalue weighted by Crippen LogP contribution is 2.71. The molecule has 0 heterocycles. The van der Waals surface area contributed by atoms with E-state index in [9.17, 15) is 0 Å². The van der Waals surface area contributed by atoms with Gasteiger partial charge in [0.2, 0.25) is 0 Å². The molecule has 0 fully saturated rings. The predicted octanol–water partition coefficient (Wildman–Crippen LogP) is 2.54. The normalized spacial score (nSPS) is 13.7. The van der Waals surface area contributed by atoms with Crippen molar-refractivity contribution < 1.29 is 18.5 Å². The lowest BCUT2D eigenvalue weighted by Crippen LogP contribution is -2.37. The summed E-state index contributed by atoms with van der Waals surface area (Å²) in [7, 11) is 2.88. The zero-order valence-electron chi connectivity index (χ0n) is 10.2. The molecule has 0 aliphatic carbocycles. The van der Waals surface area contributed by atoms with E-state index in [0.717, 1.165) is 0 Å². The van der Waals surface area contributed by atoms with E-state index >= 15 is 0 Å². The third-order valence-electron chi connectivity index (χ3n) is 2.16. The van der Waals surface area contributed by atoms with Gasteiger partial charge in [0.15, 0.2) is 0 Å². The smallest absolute Gasteiger partial charge is 0.316 e. The van der Waals surface area contributed by atoms with E-state index in [1.165, 1.54) is 0 Å². The number of ether oxygens (including phenoxy) is 2. The molecule has 0 spiro atoms. The predicted molar refractivity (Wildman–Crippen MR) is 62.1 cm³/mol. The Labute approximate surface area is 88.2 Å². The molecule has 0 atom stereocenters. The van der Waals surface area contributed by atoms with Gasteiger partial charge < -0.3 is 9.47 Å². The van der Waals surface area contributed by atoms with Gasteiger partial charge in [-0.15, -0.1) is 0 Å². The van der Waals surface area contributed by atoms with Crippen molar-refractivity contribution in [3.05, 3.63) is 0 Å². The maximum atomic E-state index is 5.60. The third kappa shape index (κ3) is 2.54. The van der Waals surface area contributed by atoms with E-state index in [2.05, 4.69) is 19.6 Å². The molecule has 4 nitrogen and oxygen atoms in total. The Morgan fingerprint density at radius 2 is 1.21 bits per heavy atom. The molecule has 0 radical (unpaired) electrons. The van der Waals surface area contributed by atoms with E-state index in [1.807, 2.05) is 0 Å². The van der Waals surface area contributed by atoms with Crippen LogP contribution in [-0.2, 0) is 18.5 Å². The molecule has 0 aromatic rings. The second-order valence-corrected chi connectivity index (χ2v) is 16.5. The van der Waals surface area contributed by atoms with Gasteiger partial charge in [-0.3, -0.25) is 0 Å². The quantitative estimate of drug-likeness (QED) is 0.407.